The van der Waals surface area contributed by atoms with E-state index in [2.05, 4.69) is 21.7 Å². The van der Waals surface area contributed by atoms with Crippen LogP contribution < -0.4 is 4.80 Å². The van der Waals surface area contributed by atoms with Gasteiger partial charge in [-0.3, -0.25) is 4.57 Å². The lowest BCUT2D eigenvalue weighted by atomic mass is 10.1. The average Bonchev–Trinajstić information content (AvgIpc) is 3.26. The third kappa shape index (κ3) is 5.56. The fourth-order valence-electron chi connectivity index (χ4n) is 3.71. The van der Waals surface area contributed by atoms with Crippen LogP contribution in [0.15, 0.2) is 124 Å². The van der Waals surface area contributed by atoms with Crippen LogP contribution in [0.1, 0.15) is 11.1 Å². The molecule has 0 unspecified atom stereocenters. The van der Waals surface area contributed by atoms with Crippen LogP contribution in [0.4, 0.5) is 0 Å². The first-order valence-corrected chi connectivity index (χ1v) is 13.6. The third-order valence-electron chi connectivity index (χ3n) is 5.51. The number of rotatable bonds is 5. The van der Waals surface area contributed by atoms with E-state index in [1.165, 1.54) is 0 Å². The molecule has 0 aliphatic heterocycles. The molecule has 5 rings (SSSR count). The first kappa shape index (κ1) is 25.8. The number of benzene rings is 4. The molecule has 0 atom stereocenters. The van der Waals surface area contributed by atoms with Gasteiger partial charge < -0.3 is 0 Å². The maximum absolute atomic E-state index is 13.0. The van der Waals surface area contributed by atoms with Gasteiger partial charge in [0.2, 0.25) is 0 Å². The predicted octanol–water partition coefficient (Wildman–Crippen LogP) is 6.36. The van der Waals surface area contributed by atoms with Crippen molar-refractivity contribution in [1.29, 1.82) is 0 Å². The number of para-hydroxylation sites is 2. The highest BCUT2D eigenvalue weighted by atomic mass is 79.9. The van der Waals surface area contributed by atoms with Crippen molar-refractivity contribution in [2.75, 3.05) is 5.88 Å². The van der Waals surface area contributed by atoms with Crippen molar-refractivity contribution < 1.29 is 8.42 Å². The first-order valence-electron chi connectivity index (χ1n) is 11.1. The molecule has 182 valence electrons. The van der Waals surface area contributed by atoms with Crippen molar-refractivity contribution in [2.45, 2.75) is 11.8 Å². The maximum Gasteiger partial charge on any atom is 0.198 e. The Balaban J connectivity index is 0.00000304. The number of hydrogen-bond donors (Lipinski definition) is 0. The smallest absolute Gasteiger partial charge is 0.198 e. The van der Waals surface area contributed by atoms with E-state index in [1.54, 1.807) is 41.7 Å². The molecule has 0 saturated carbocycles. The number of halogens is 1. The molecule has 0 amide bonds. The molecule has 1 heterocycles. The molecule has 8 heteroatoms. The number of nitrogens with zero attached hydrogens (tertiary/aromatic N) is 3. The van der Waals surface area contributed by atoms with E-state index < -0.39 is 9.84 Å². The number of thiazole rings is 1. The van der Waals surface area contributed by atoms with Crippen LogP contribution in [0.2, 0.25) is 0 Å². The summed E-state index contributed by atoms with van der Waals surface area (Å²) in [6.07, 6.45) is 0. The monoisotopic (exact) mass is 577 g/mol. The molecule has 5 nitrogen and oxygen atoms in total. The van der Waals surface area contributed by atoms with Gasteiger partial charge in [-0.15, -0.1) is 17.0 Å². The number of aliphatic imine (C=N–C) groups is 1. The molecule has 0 saturated heterocycles. The number of fused-ring (bicyclic) bond motifs is 1. The minimum Gasteiger partial charge on any atom is -0.285 e. The summed E-state index contributed by atoms with van der Waals surface area (Å²) in [5.74, 6) is -0.0132. The molecule has 1 aromatic heterocycles. The Morgan fingerprint density at radius 2 is 1.42 bits per heavy atom. The van der Waals surface area contributed by atoms with E-state index in [4.69, 9.17) is 4.99 Å². The molecular formula is C28H24BrN3O2S2. The van der Waals surface area contributed by atoms with Crippen molar-refractivity contribution in [2.24, 2.45) is 9.98 Å². The number of hydrogen-bond acceptors (Lipinski definition) is 4. The molecule has 0 N–H and O–H groups in total. The SMILES string of the molecule is Br.Cc1ccc(/C(N=c2sc3ccccc3n2-c2ccccc2)=N\CS(=O)(=O)c2ccccc2)cc1. The van der Waals surface area contributed by atoms with E-state index in [1.807, 2.05) is 73.7 Å². The van der Waals surface area contributed by atoms with Gasteiger partial charge in [-0.2, -0.15) is 0 Å². The van der Waals surface area contributed by atoms with Crippen molar-refractivity contribution in [1.82, 2.24) is 4.57 Å². The quantitative estimate of drug-likeness (QED) is 0.180. The number of amidine groups is 1. The van der Waals surface area contributed by atoms with E-state index in [0.717, 1.165) is 27.0 Å². The first-order chi connectivity index (χ1) is 17.0. The minimum absolute atomic E-state index is 0. The van der Waals surface area contributed by atoms with Crippen LogP contribution in [0.5, 0.6) is 0 Å². The Labute approximate surface area is 224 Å². The van der Waals surface area contributed by atoms with Crippen molar-refractivity contribution in [3.63, 3.8) is 0 Å². The van der Waals surface area contributed by atoms with Crippen LogP contribution in [0.25, 0.3) is 15.9 Å². The van der Waals surface area contributed by atoms with Gasteiger partial charge in [0.1, 0.15) is 5.88 Å². The maximum atomic E-state index is 13.0. The van der Waals surface area contributed by atoms with Crippen molar-refractivity contribution in [3.05, 3.63) is 125 Å². The van der Waals surface area contributed by atoms with Gasteiger partial charge in [-0.1, -0.05) is 89.7 Å². The van der Waals surface area contributed by atoms with Crippen LogP contribution >= 0.6 is 28.3 Å². The second-order valence-electron chi connectivity index (χ2n) is 8.04. The van der Waals surface area contributed by atoms with Gasteiger partial charge in [0.15, 0.2) is 20.5 Å². The lowest BCUT2D eigenvalue weighted by Crippen LogP contribution is -2.16. The largest absolute Gasteiger partial charge is 0.285 e. The topological polar surface area (TPSA) is 63.8 Å². The predicted molar refractivity (Wildman–Crippen MR) is 153 cm³/mol. The molecule has 0 aliphatic carbocycles. The molecule has 0 spiro atoms. The Hall–Kier alpha value is -3.33. The molecule has 0 radical (unpaired) electrons. The molecule has 0 fully saturated rings. The summed E-state index contributed by atoms with van der Waals surface area (Å²) in [5, 5.41) is 0. The fraction of sp³-hybridized carbons (Fsp3) is 0.0714. The average molecular weight is 579 g/mol. The van der Waals surface area contributed by atoms with Gasteiger partial charge in [0.25, 0.3) is 0 Å². The van der Waals surface area contributed by atoms with E-state index in [-0.39, 0.29) is 27.8 Å². The van der Waals surface area contributed by atoms with Crippen molar-refractivity contribution >= 4 is 54.2 Å². The van der Waals surface area contributed by atoms with Gasteiger partial charge in [-0.25, -0.2) is 18.4 Å². The zero-order valence-electron chi connectivity index (χ0n) is 19.5. The van der Waals surface area contributed by atoms with E-state index >= 15 is 0 Å². The highest BCUT2D eigenvalue weighted by molar-refractivity contribution is 8.93. The summed E-state index contributed by atoms with van der Waals surface area (Å²) < 4.78 is 29.1. The number of aromatic nitrogens is 1. The summed E-state index contributed by atoms with van der Waals surface area (Å²) in [4.78, 5) is 10.4. The van der Waals surface area contributed by atoms with Gasteiger partial charge in [0, 0.05) is 11.3 Å². The number of sulfone groups is 1. The second kappa shape index (κ2) is 11.2. The molecule has 0 aliphatic rings. The Bertz CT molecular complexity index is 1670. The molecule has 5 aromatic rings. The van der Waals surface area contributed by atoms with Crippen LogP contribution in [-0.4, -0.2) is 24.7 Å². The minimum atomic E-state index is -3.60. The van der Waals surface area contributed by atoms with Gasteiger partial charge in [0.05, 0.1) is 15.1 Å². The second-order valence-corrected chi connectivity index (χ2v) is 11.0. The fourth-order valence-corrected chi connectivity index (χ4v) is 5.76. The van der Waals surface area contributed by atoms with Crippen LogP contribution in [0, 0.1) is 6.92 Å². The van der Waals surface area contributed by atoms with Crippen molar-refractivity contribution in [3.8, 4) is 5.69 Å². The standard InChI is InChI=1S/C28H23N3O2S2.BrH/c1-21-16-18-22(19-17-21)27(29-20-35(32,33)24-12-6-3-7-13-24)30-28-31(23-10-4-2-5-11-23)25-14-8-9-15-26(25)34-28;/h2-19H,20H2,1H3;1H/b29-27+,30-28?;. The van der Waals surface area contributed by atoms with Crippen LogP contribution in [-0.2, 0) is 9.84 Å². The summed E-state index contributed by atoms with van der Waals surface area (Å²) in [5.41, 5.74) is 3.87. The molecule has 0 bridgehead atoms. The van der Waals surface area contributed by atoms with E-state index in [9.17, 15) is 8.42 Å². The zero-order chi connectivity index (χ0) is 24.3. The summed E-state index contributed by atoms with van der Waals surface area (Å²) >= 11 is 1.54. The van der Waals surface area contributed by atoms with Gasteiger partial charge >= 0.3 is 0 Å². The Morgan fingerprint density at radius 1 is 0.806 bits per heavy atom. The molecule has 4 aromatic carbocycles. The number of aryl methyl sites for hydroxylation is 1. The molecular weight excluding hydrogens is 554 g/mol. The Kier molecular flexibility index (Phi) is 7.98. The van der Waals surface area contributed by atoms with E-state index in [0.29, 0.717) is 10.6 Å². The highest BCUT2D eigenvalue weighted by Crippen LogP contribution is 2.21. The molecule has 36 heavy (non-hydrogen) atoms. The van der Waals surface area contributed by atoms with Crippen LogP contribution in [0.3, 0.4) is 0 Å². The Morgan fingerprint density at radius 3 is 2.11 bits per heavy atom. The zero-order valence-corrected chi connectivity index (χ0v) is 22.8. The highest BCUT2D eigenvalue weighted by Gasteiger charge is 2.15. The van der Waals surface area contributed by atoms with Gasteiger partial charge in [-0.05, 0) is 43.3 Å². The summed E-state index contributed by atoms with van der Waals surface area (Å²) in [7, 11) is -3.60. The normalized spacial score (nSPS) is 12.5. The third-order valence-corrected chi connectivity index (χ3v) is 7.99. The summed E-state index contributed by atoms with van der Waals surface area (Å²) in [6, 6.07) is 34.3. The summed E-state index contributed by atoms with van der Waals surface area (Å²) in [6.45, 7) is 2.01. The lowest BCUT2D eigenvalue weighted by Gasteiger charge is -2.07. The lowest BCUT2D eigenvalue weighted by molar-refractivity contribution is 0.596.